The molecule has 280 valence electrons. The first-order chi connectivity index (χ1) is 19.7. The van der Waals surface area contributed by atoms with Gasteiger partial charge in [0.25, 0.3) is 0 Å². The number of aliphatic carboxylic acids is 3. The second-order valence-corrected chi connectivity index (χ2v) is 12.3. The summed E-state index contributed by atoms with van der Waals surface area (Å²) >= 11 is 4.11. The molecule has 48 heavy (non-hydrogen) atoms. The van der Waals surface area contributed by atoms with Crippen LogP contribution < -0.4 is 0 Å². The molecule has 0 aliphatic rings. The topological polar surface area (TPSA) is 271 Å². The smallest absolute Gasteiger partial charge is 0.321 e. The molecule has 0 radical (unpaired) electrons. The molecule has 0 fully saturated rings. The van der Waals surface area contributed by atoms with E-state index in [9.17, 15) is 24.6 Å². The van der Waals surface area contributed by atoms with Gasteiger partial charge in [-0.15, -0.1) is 62.3 Å². The van der Waals surface area contributed by atoms with Crippen molar-refractivity contribution in [1.82, 2.24) is 44.6 Å². The number of H-pyrrole nitrogens is 3. The number of carboxylic acid groups (broad SMARTS) is 3. The summed E-state index contributed by atoms with van der Waals surface area (Å²) in [6.07, 6.45) is 5.53. The third kappa shape index (κ3) is 17.1. The molecule has 0 bridgehead atoms. The number of hydrogen-bond donors (Lipinski definition) is 7. The largest absolute Gasteiger partial charge is 0.480 e. The highest BCUT2D eigenvalue weighted by Gasteiger charge is 2.25. The highest BCUT2D eigenvalue weighted by Crippen LogP contribution is 2.38. The van der Waals surface area contributed by atoms with Crippen LogP contribution in [0.25, 0.3) is 0 Å². The predicted molar refractivity (Wildman–Crippen MR) is 197 cm³/mol. The molecule has 0 aliphatic carbocycles. The van der Waals surface area contributed by atoms with Gasteiger partial charge in [0.05, 0.1) is 36.1 Å². The van der Waals surface area contributed by atoms with Crippen LogP contribution in [0, 0.1) is 0 Å². The Morgan fingerprint density at radius 3 is 1.15 bits per heavy atom. The number of carboxylic acids is 3. The van der Waals surface area contributed by atoms with E-state index in [0.717, 1.165) is 17.1 Å². The molecule has 3 rings (SSSR count). The van der Waals surface area contributed by atoms with E-state index in [0.29, 0.717) is 34.3 Å². The molecule has 0 amide bonds. The zero-order chi connectivity index (χ0) is 31.6. The Labute approximate surface area is 316 Å². The number of rotatable bonds is 15. The van der Waals surface area contributed by atoms with Crippen LogP contribution in [0.4, 0.5) is 0 Å². The van der Waals surface area contributed by atoms with E-state index in [1.807, 2.05) is 0 Å². The summed E-state index contributed by atoms with van der Waals surface area (Å²) in [4.78, 5) is 60.0. The molecule has 3 heterocycles. The zero-order valence-corrected chi connectivity index (χ0v) is 32.5. The lowest BCUT2D eigenvalue weighted by atomic mass is 10.1. The molecular weight excluding hydrogens is 780 g/mol. The number of aromatic amines is 3. The number of halogens is 4. The van der Waals surface area contributed by atoms with E-state index >= 15 is 0 Å². The van der Waals surface area contributed by atoms with Crippen molar-refractivity contribution in [3.8, 4) is 0 Å². The normalized spacial score (nSPS) is 11.9. The minimum Gasteiger partial charge on any atom is -0.480 e. The van der Waals surface area contributed by atoms with Crippen molar-refractivity contribution in [2.45, 2.75) is 52.5 Å². The molecular formula is C24H45Cl4N9O8S3. The minimum atomic E-state index is -0.902. The Morgan fingerprint density at radius 2 is 0.896 bits per heavy atom. The molecule has 3 aromatic rings. The standard InChI is InChI=1S/C16H24N6O4S2.C8H13N3O2S.4ClH.2H2O/c1-21(2)11(15(23)24)5-9-13(19-7-17-9)27-28-14-10(18-8-20-14)6-12(16(25)26)22(3)4;1-11(2)6(8(12)13)3-5-7(14)10-4-9-5;;;;;;/h7-8,11-12H,5-6H2,1-4H3,(H,17,19)(H,18,20)(H,23,24)(H,25,26);4,6,14H,3H2,1-2H3,(H,9,10)(H,12,13);4*1H;2*1H2/t11-,12-;6-;;;;;;/m00....../s1. The number of nitrogens with zero attached hydrogens (tertiary/aromatic N) is 6. The van der Waals surface area contributed by atoms with Crippen LogP contribution in [0.15, 0.2) is 34.1 Å². The summed E-state index contributed by atoms with van der Waals surface area (Å²) in [5.74, 6) is -2.65. The lowest BCUT2D eigenvalue weighted by molar-refractivity contribution is -0.143. The van der Waals surface area contributed by atoms with Crippen LogP contribution in [-0.4, -0.2) is 149 Å². The summed E-state index contributed by atoms with van der Waals surface area (Å²) in [6, 6.07) is -1.88. The first-order valence-corrected chi connectivity index (χ1v) is 15.1. The van der Waals surface area contributed by atoms with E-state index in [2.05, 4.69) is 42.5 Å². The number of carbonyl (C=O) groups is 3. The van der Waals surface area contributed by atoms with Gasteiger partial charge in [0, 0.05) is 19.3 Å². The molecule has 0 unspecified atom stereocenters. The van der Waals surface area contributed by atoms with Crippen LogP contribution in [0.5, 0.6) is 0 Å². The molecule has 0 aliphatic heterocycles. The van der Waals surface area contributed by atoms with Crippen molar-refractivity contribution in [3.63, 3.8) is 0 Å². The van der Waals surface area contributed by atoms with Crippen LogP contribution in [0.2, 0.25) is 0 Å². The summed E-state index contributed by atoms with van der Waals surface area (Å²) in [5.41, 5.74) is 2.20. The average Bonchev–Trinajstić information content (AvgIpc) is 3.63. The first-order valence-electron chi connectivity index (χ1n) is 12.5. The lowest BCUT2D eigenvalue weighted by Gasteiger charge is -2.19. The summed E-state index contributed by atoms with van der Waals surface area (Å²) in [7, 11) is 13.0. The van der Waals surface area contributed by atoms with Crippen molar-refractivity contribution in [2.75, 3.05) is 42.3 Å². The van der Waals surface area contributed by atoms with Crippen LogP contribution >= 0.6 is 83.8 Å². The number of likely N-dealkylation sites (N-methyl/N-ethyl adjacent to an activating group) is 3. The van der Waals surface area contributed by atoms with E-state index in [4.69, 9.17) is 5.11 Å². The van der Waals surface area contributed by atoms with Gasteiger partial charge in [-0.2, -0.15) is 0 Å². The zero-order valence-electron chi connectivity index (χ0n) is 26.7. The minimum absolute atomic E-state index is 0. The monoisotopic (exact) mass is 823 g/mol. The molecule has 0 aromatic carbocycles. The predicted octanol–water partition coefficient (Wildman–Crippen LogP) is 1.34. The molecule has 3 aromatic heterocycles. The summed E-state index contributed by atoms with van der Waals surface area (Å²) < 4.78 is 0. The Morgan fingerprint density at radius 1 is 0.625 bits per heavy atom. The van der Waals surface area contributed by atoms with Gasteiger partial charge in [0.2, 0.25) is 0 Å². The van der Waals surface area contributed by atoms with Crippen molar-refractivity contribution < 1.29 is 40.7 Å². The Bertz CT molecular complexity index is 1270. The van der Waals surface area contributed by atoms with Gasteiger partial charge in [-0.25, -0.2) is 15.0 Å². The summed E-state index contributed by atoms with van der Waals surface area (Å²) in [5, 5.41) is 29.6. The van der Waals surface area contributed by atoms with E-state index < -0.39 is 36.0 Å². The molecule has 0 spiro atoms. The maximum absolute atomic E-state index is 11.4. The second-order valence-electron chi connectivity index (χ2n) is 9.81. The number of nitrogens with one attached hydrogen (secondary N) is 3. The molecule has 3 atom stereocenters. The van der Waals surface area contributed by atoms with Crippen molar-refractivity contribution in [1.29, 1.82) is 0 Å². The maximum Gasteiger partial charge on any atom is 0.321 e. The van der Waals surface area contributed by atoms with Gasteiger partial charge < -0.3 is 41.2 Å². The van der Waals surface area contributed by atoms with E-state index in [-0.39, 0.29) is 60.6 Å². The Kier molecular flexibility index (Phi) is 31.0. The van der Waals surface area contributed by atoms with E-state index in [1.165, 1.54) is 40.6 Å². The van der Waals surface area contributed by atoms with Crippen molar-refractivity contribution in [3.05, 3.63) is 36.1 Å². The van der Waals surface area contributed by atoms with Gasteiger partial charge in [-0.3, -0.25) is 29.1 Å². The fourth-order valence-corrected chi connectivity index (χ4v) is 6.03. The highest BCUT2D eigenvalue weighted by molar-refractivity contribution is 8.76. The van der Waals surface area contributed by atoms with Gasteiger partial charge >= 0.3 is 17.9 Å². The second kappa shape index (κ2) is 26.9. The Balaban J connectivity index is -0.000000267. The van der Waals surface area contributed by atoms with Crippen molar-refractivity contribution >= 4 is 102 Å². The van der Waals surface area contributed by atoms with Crippen molar-refractivity contribution in [2.24, 2.45) is 0 Å². The van der Waals surface area contributed by atoms with Crippen LogP contribution in [0.1, 0.15) is 17.1 Å². The van der Waals surface area contributed by atoms with Crippen LogP contribution in [-0.2, 0) is 33.6 Å². The third-order valence-electron chi connectivity index (χ3n) is 6.17. The number of thiol groups is 1. The quantitative estimate of drug-likeness (QED) is 0.0843. The molecule has 24 heteroatoms. The SMILES string of the molecule is CN(C)[C@@H](Cc1[nH]cnc1S)C(=O)O.CN(C)[C@@H](Cc1[nH]cnc1SSc1nc[nH]c1C[C@@H](C(=O)O)N(C)C)C(=O)O.Cl.Cl.Cl.Cl.O.O. The fourth-order valence-electron chi connectivity index (χ4n) is 3.65. The summed E-state index contributed by atoms with van der Waals surface area (Å²) in [6.45, 7) is 0. The van der Waals surface area contributed by atoms with Gasteiger partial charge in [-0.1, -0.05) is 0 Å². The average molecular weight is 826 g/mol. The maximum atomic E-state index is 11.4. The molecule has 17 nitrogen and oxygen atoms in total. The van der Waals surface area contributed by atoms with E-state index in [1.54, 1.807) is 57.0 Å². The van der Waals surface area contributed by atoms with Crippen LogP contribution in [0.3, 0.4) is 0 Å². The van der Waals surface area contributed by atoms with Gasteiger partial charge in [-0.05, 0) is 63.9 Å². The lowest BCUT2D eigenvalue weighted by Crippen LogP contribution is -2.37. The molecule has 0 saturated heterocycles. The number of aromatic nitrogens is 6. The third-order valence-corrected chi connectivity index (χ3v) is 8.86. The first kappa shape index (κ1) is 55.5. The number of imidazole rings is 3. The molecule has 0 saturated carbocycles. The fraction of sp³-hybridized carbons (Fsp3) is 0.500. The van der Waals surface area contributed by atoms with Gasteiger partial charge in [0.1, 0.15) is 33.2 Å². The highest BCUT2D eigenvalue weighted by atomic mass is 35.5. The molecule has 10 N–H and O–H groups in total. The Hall–Kier alpha value is -1.95. The number of hydrogen-bond acceptors (Lipinski definition) is 12. The van der Waals surface area contributed by atoms with Gasteiger partial charge in [0.15, 0.2) is 0 Å².